The summed E-state index contributed by atoms with van der Waals surface area (Å²) in [6.07, 6.45) is 7.19. The van der Waals surface area contributed by atoms with Crippen molar-refractivity contribution in [3.63, 3.8) is 0 Å². The first kappa shape index (κ1) is 13.9. The highest BCUT2D eigenvalue weighted by Crippen LogP contribution is 2.60. The summed E-state index contributed by atoms with van der Waals surface area (Å²) in [6, 6.07) is 0. The quantitative estimate of drug-likeness (QED) is 0.852. The van der Waals surface area contributed by atoms with Crippen LogP contribution in [0.4, 0.5) is 0 Å². The normalized spacial score (nSPS) is 37.8. The van der Waals surface area contributed by atoms with E-state index in [9.17, 15) is 9.59 Å². The van der Waals surface area contributed by atoms with E-state index in [4.69, 9.17) is 0 Å². The van der Waals surface area contributed by atoms with Crippen molar-refractivity contribution < 1.29 is 9.59 Å². The fraction of sp³-hybridized carbons (Fsp3) is 0.875. The molecule has 4 saturated carbocycles. The first-order valence-corrected chi connectivity index (χ1v) is 8.04. The Balaban J connectivity index is 1.61. The minimum absolute atomic E-state index is 0.00517. The van der Waals surface area contributed by atoms with E-state index >= 15 is 0 Å². The number of amides is 2. The van der Waals surface area contributed by atoms with Gasteiger partial charge in [-0.2, -0.15) is 0 Å². The summed E-state index contributed by atoms with van der Waals surface area (Å²) in [7, 11) is 1.78. The van der Waals surface area contributed by atoms with Gasteiger partial charge in [0.2, 0.25) is 11.8 Å². The van der Waals surface area contributed by atoms with Gasteiger partial charge in [-0.15, -0.1) is 0 Å². The molecular weight excluding hydrogens is 252 g/mol. The largest absolute Gasteiger partial charge is 0.347 e. The predicted octanol–water partition coefficient (Wildman–Crippen LogP) is 1.80. The van der Waals surface area contributed by atoms with Crippen molar-refractivity contribution in [1.29, 1.82) is 0 Å². The summed E-state index contributed by atoms with van der Waals surface area (Å²) in [5, 5.41) is 2.92. The van der Waals surface area contributed by atoms with E-state index in [1.165, 1.54) is 19.3 Å². The van der Waals surface area contributed by atoms with Crippen molar-refractivity contribution in [2.75, 3.05) is 20.1 Å². The van der Waals surface area contributed by atoms with Gasteiger partial charge in [0, 0.05) is 19.0 Å². The lowest BCUT2D eigenvalue weighted by Gasteiger charge is -2.55. The molecule has 0 aromatic rings. The monoisotopic (exact) mass is 278 g/mol. The number of carbonyl (C=O) groups excluding carboxylic acids is 2. The number of nitrogens with one attached hydrogen (secondary N) is 1. The molecule has 0 aromatic heterocycles. The van der Waals surface area contributed by atoms with Gasteiger partial charge >= 0.3 is 0 Å². The number of carbonyl (C=O) groups is 2. The van der Waals surface area contributed by atoms with Gasteiger partial charge in [0.1, 0.15) is 0 Å². The predicted molar refractivity (Wildman–Crippen MR) is 76.9 cm³/mol. The lowest BCUT2D eigenvalue weighted by Crippen LogP contribution is -2.54. The summed E-state index contributed by atoms with van der Waals surface area (Å²) in [6.45, 7) is 2.79. The van der Waals surface area contributed by atoms with Crippen LogP contribution in [0.1, 0.15) is 45.4 Å². The number of nitrogens with zero attached hydrogens (tertiary/aromatic N) is 1. The van der Waals surface area contributed by atoms with Gasteiger partial charge in [0.15, 0.2) is 0 Å². The molecule has 0 spiro atoms. The maximum Gasteiger partial charge on any atom is 0.241 e. The summed E-state index contributed by atoms with van der Waals surface area (Å²) in [4.78, 5) is 26.1. The second-order valence-electron chi connectivity index (χ2n) is 7.29. The lowest BCUT2D eigenvalue weighted by molar-refractivity contribution is -0.147. The van der Waals surface area contributed by atoms with Crippen LogP contribution >= 0.6 is 0 Å². The van der Waals surface area contributed by atoms with Gasteiger partial charge < -0.3 is 10.2 Å². The summed E-state index contributed by atoms with van der Waals surface area (Å²) in [5.74, 6) is 2.45. The Labute approximate surface area is 121 Å². The molecule has 0 saturated heterocycles. The molecule has 2 amide bonds. The average Bonchev–Trinajstić information content (AvgIpc) is 2.41. The van der Waals surface area contributed by atoms with Crippen molar-refractivity contribution in [1.82, 2.24) is 10.2 Å². The number of rotatable bonds is 4. The Morgan fingerprint density at radius 1 is 1.10 bits per heavy atom. The van der Waals surface area contributed by atoms with E-state index in [2.05, 4.69) is 5.32 Å². The summed E-state index contributed by atoms with van der Waals surface area (Å²) >= 11 is 0. The molecule has 4 heteroatoms. The number of likely N-dealkylation sites (N-methyl/N-ethyl adjacent to an activating group) is 1. The molecule has 4 bridgehead atoms. The zero-order valence-electron chi connectivity index (χ0n) is 12.7. The van der Waals surface area contributed by atoms with Crippen molar-refractivity contribution in [2.45, 2.75) is 45.4 Å². The molecular formula is C16H26N2O2. The maximum absolute atomic E-state index is 12.6. The highest BCUT2D eigenvalue weighted by molar-refractivity contribution is 5.88. The summed E-state index contributed by atoms with van der Waals surface area (Å²) in [5.41, 5.74) is -0.139. The Hall–Kier alpha value is -1.06. The van der Waals surface area contributed by atoms with Crippen LogP contribution in [0.3, 0.4) is 0 Å². The third-order valence-corrected chi connectivity index (χ3v) is 5.82. The molecule has 0 unspecified atom stereocenters. The Bertz CT molecular complexity index is 383. The Morgan fingerprint density at radius 2 is 1.60 bits per heavy atom. The molecule has 0 aromatic carbocycles. The third-order valence-electron chi connectivity index (χ3n) is 5.82. The van der Waals surface area contributed by atoms with E-state index in [-0.39, 0.29) is 23.8 Å². The molecule has 4 aliphatic rings. The van der Waals surface area contributed by atoms with Gasteiger partial charge in [-0.1, -0.05) is 0 Å². The van der Waals surface area contributed by atoms with Gasteiger partial charge in [-0.05, 0) is 63.2 Å². The number of hydrogen-bond acceptors (Lipinski definition) is 2. The molecule has 0 radical (unpaired) electrons. The van der Waals surface area contributed by atoms with Crippen LogP contribution < -0.4 is 5.32 Å². The van der Waals surface area contributed by atoms with Crippen LogP contribution in [-0.4, -0.2) is 36.9 Å². The highest BCUT2D eigenvalue weighted by atomic mass is 16.2. The molecule has 20 heavy (non-hydrogen) atoms. The molecule has 0 aliphatic heterocycles. The second kappa shape index (κ2) is 5.05. The van der Waals surface area contributed by atoms with Crippen molar-refractivity contribution in [3.8, 4) is 0 Å². The first-order chi connectivity index (χ1) is 9.52. The first-order valence-electron chi connectivity index (χ1n) is 8.04. The van der Waals surface area contributed by atoms with Crippen LogP contribution in [0, 0.1) is 23.2 Å². The highest BCUT2D eigenvalue weighted by Gasteiger charge is 2.54. The second-order valence-corrected chi connectivity index (χ2v) is 7.29. The third kappa shape index (κ3) is 2.33. The lowest BCUT2D eigenvalue weighted by atomic mass is 9.49. The Kier molecular flexibility index (Phi) is 3.51. The fourth-order valence-corrected chi connectivity index (χ4v) is 5.04. The van der Waals surface area contributed by atoms with Crippen LogP contribution in [0.15, 0.2) is 0 Å². The Morgan fingerprint density at radius 3 is 2.05 bits per heavy atom. The molecule has 0 heterocycles. The van der Waals surface area contributed by atoms with E-state index in [0.717, 1.165) is 37.0 Å². The minimum Gasteiger partial charge on any atom is -0.347 e. The van der Waals surface area contributed by atoms with Crippen LogP contribution in [0.25, 0.3) is 0 Å². The zero-order chi connectivity index (χ0) is 14.3. The van der Waals surface area contributed by atoms with E-state index in [0.29, 0.717) is 6.54 Å². The van der Waals surface area contributed by atoms with E-state index in [1.54, 1.807) is 11.9 Å². The van der Waals surface area contributed by atoms with Crippen LogP contribution in [0.5, 0.6) is 0 Å². The molecule has 4 aliphatic carbocycles. The molecule has 1 N–H and O–H groups in total. The standard InChI is InChI=1S/C16H26N2O2/c1-3-18(2)14(19)10-17-15(20)16-7-11-4-12(8-16)6-13(5-11)9-16/h11-13H,3-10H2,1-2H3,(H,17,20). The van der Waals surface area contributed by atoms with Crippen LogP contribution in [-0.2, 0) is 9.59 Å². The molecule has 0 atom stereocenters. The topological polar surface area (TPSA) is 49.4 Å². The van der Waals surface area contributed by atoms with Crippen LogP contribution in [0.2, 0.25) is 0 Å². The minimum atomic E-state index is -0.139. The molecule has 4 fully saturated rings. The van der Waals surface area contributed by atoms with E-state index in [1.807, 2.05) is 6.92 Å². The molecule has 112 valence electrons. The van der Waals surface area contributed by atoms with Gasteiger partial charge in [0.05, 0.1) is 6.54 Å². The number of hydrogen-bond donors (Lipinski definition) is 1. The molecule has 4 nitrogen and oxygen atoms in total. The van der Waals surface area contributed by atoms with Gasteiger partial charge in [0.25, 0.3) is 0 Å². The smallest absolute Gasteiger partial charge is 0.241 e. The zero-order valence-corrected chi connectivity index (χ0v) is 12.7. The molecule has 4 rings (SSSR count). The van der Waals surface area contributed by atoms with E-state index < -0.39 is 0 Å². The van der Waals surface area contributed by atoms with Gasteiger partial charge in [-0.25, -0.2) is 0 Å². The summed E-state index contributed by atoms with van der Waals surface area (Å²) < 4.78 is 0. The maximum atomic E-state index is 12.6. The fourth-order valence-electron chi connectivity index (χ4n) is 5.04. The average molecular weight is 278 g/mol. The van der Waals surface area contributed by atoms with Crippen molar-refractivity contribution in [3.05, 3.63) is 0 Å². The van der Waals surface area contributed by atoms with Gasteiger partial charge in [-0.3, -0.25) is 9.59 Å². The SMILES string of the molecule is CCN(C)C(=O)CNC(=O)C12CC3CC(CC(C3)C1)C2. The van der Waals surface area contributed by atoms with Crippen molar-refractivity contribution in [2.24, 2.45) is 23.2 Å². The van der Waals surface area contributed by atoms with Crippen molar-refractivity contribution >= 4 is 11.8 Å².